The van der Waals surface area contributed by atoms with E-state index < -0.39 is 11.9 Å². The van der Waals surface area contributed by atoms with E-state index in [1.807, 2.05) is 26.0 Å². The largest absolute Gasteiger partial charge is 0.508 e. The lowest BCUT2D eigenvalue weighted by molar-refractivity contribution is -0.187. The first-order valence-electron chi connectivity index (χ1n) is 7.34. The molecular formula is C18H18O5. The molecule has 0 fully saturated rings. The van der Waals surface area contributed by atoms with Crippen LogP contribution in [0.5, 0.6) is 5.75 Å². The van der Waals surface area contributed by atoms with Crippen molar-refractivity contribution in [2.75, 3.05) is 0 Å². The Balaban J connectivity index is 2.05. The summed E-state index contributed by atoms with van der Waals surface area (Å²) in [5.41, 5.74) is 1.40. The molecule has 0 saturated heterocycles. The maximum absolute atomic E-state index is 12.1. The van der Waals surface area contributed by atoms with Gasteiger partial charge in [0.2, 0.25) is 0 Å². The zero-order valence-corrected chi connectivity index (χ0v) is 13.0. The van der Waals surface area contributed by atoms with E-state index in [4.69, 9.17) is 0 Å². The standard InChI is InChI=1S/C18H18O5/c1-3-12(2)15-6-4-5-7-16(15)18(21)23-22-17(20)13-8-10-14(19)11-9-13/h4-12,19H,3H2,1-2H3. The first-order chi connectivity index (χ1) is 11.0. The minimum Gasteiger partial charge on any atom is -0.508 e. The second-order valence-electron chi connectivity index (χ2n) is 5.19. The lowest BCUT2D eigenvalue weighted by Gasteiger charge is -2.13. The Morgan fingerprint density at radius 3 is 2.26 bits per heavy atom. The van der Waals surface area contributed by atoms with Crippen molar-refractivity contribution in [1.29, 1.82) is 0 Å². The van der Waals surface area contributed by atoms with Gasteiger partial charge in [0.1, 0.15) is 5.75 Å². The number of carbonyl (C=O) groups is 2. The van der Waals surface area contributed by atoms with E-state index in [0.29, 0.717) is 5.56 Å². The second-order valence-corrected chi connectivity index (χ2v) is 5.19. The molecule has 120 valence electrons. The Morgan fingerprint density at radius 2 is 1.61 bits per heavy atom. The van der Waals surface area contributed by atoms with Gasteiger partial charge in [-0.1, -0.05) is 32.0 Å². The molecule has 0 heterocycles. The third-order valence-corrected chi connectivity index (χ3v) is 3.62. The lowest BCUT2D eigenvalue weighted by atomic mass is 9.94. The molecule has 23 heavy (non-hydrogen) atoms. The highest BCUT2D eigenvalue weighted by atomic mass is 17.2. The Hall–Kier alpha value is -2.82. The average Bonchev–Trinajstić information content (AvgIpc) is 2.59. The average molecular weight is 314 g/mol. The summed E-state index contributed by atoms with van der Waals surface area (Å²) in [5.74, 6) is -1.31. The zero-order chi connectivity index (χ0) is 16.8. The van der Waals surface area contributed by atoms with Gasteiger partial charge in [-0.25, -0.2) is 19.4 Å². The molecule has 2 rings (SSSR count). The van der Waals surface area contributed by atoms with E-state index in [0.717, 1.165) is 12.0 Å². The van der Waals surface area contributed by atoms with Gasteiger partial charge in [-0.2, -0.15) is 0 Å². The van der Waals surface area contributed by atoms with E-state index in [1.165, 1.54) is 24.3 Å². The Kier molecular flexibility index (Phi) is 5.36. The van der Waals surface area contributed by atoms with E-state index in [2.05, 4.69) is 9.78 Å². The van der Waals surface area contributed by atoms with Gasteiger partial charge in [-0.15, -0.1) is 0 Å². The molecule has 0 amide bonds. The molecule has 5 nitrogen and oxygen atoms in total. The second kappa shape index (κ2) is 7.45. The van der Waals surface area contributed by atoms with Crippen molar-refractivity contribution in [3.8, 4) is 5.75 Å². The maximum atomic E-state index is 12.1. The highest BCUT2D eigenvalue weighted by molar-refractivity contribution is 5.93. The summed E-state index contributed by atoms with van der Waals surface area (Å²) in [4.78, 5) is 33.2. The fourth-order valence-electron chi connectivity index (χ4n) is 2.10. The van der Waals surface area contributed by atoms with Crippen molar-refractivity contribution in [3.63, 3.8) is 0 Å². The van der Waals surface area contributed by atoms with Crippen LogP contribution in [0.15, 0.2) is 48.5 Å². The summed E-state index contributed by atoms with van der Waals surface area (Å²) >= 11 is 0. The number of hydrogen-bond acceptors (Lipinski definition) is 5. The molecule has 1 unspecified atom stereocenters. The lowest BCUT2D eigenvalue weighted by Crippen LogP contribution is -2.14. The molecule has 0 radical (unpaired) electrons. The molecule has 1 atom stereocenters. The van der Waals surface area contributed by atoms with E-state index in [1.54, 1.807) is 12.1 Å². The predicted octanol–water partition coefficient (Wildman–Crippen LogP) is 3.83. The summed E-state index contributed by atoms with van der Waals surface area (Å²) in [6.45, 7) is 4.03. The summed E-state index contributed by atoms with van der Waals surface area (Å²) in [6, 6.07) is 12.5. The molecule has 0 spiro atoms. The monoisotopic (exact) mass is 314 g/mol. The maximum Gasteiger partial charge on any atom is 0.386 e. The van der Waals surface area contributed by atoms with Gasteiger partial charge in [0.15, 0.2) is 0 Å². The number of phenols is 1. The SMILES string of the molecule is CCC(C)c1ccccc1C(=O)OOC(=O)c1ccc(O)cc1. The number of phenolic OH excluding ortho intramolecular Hbond substituents is 1. The highest BCUT2D eigenvalue weighted by Crippen LogP contribution is 2.23. The summed E-state index contributed by atoms with van der Waals surface area (Å²) in [6.07, 6.45) is 0.873. The predicted molar refractivity (Wildman–Crippen MR) is 84.1 cm³/mol. The van der Waals surface area contributed by atoms with Crippen LogP contribution < -0.4 is 0 Å². The summed E-state index contributed by atoms with van der Waals surface area (Å²) in [7, 11) is 0. The highest BCUT2D eigenvalue weighted by Gasteiger charge is 2.19. The Bertz CT molecular complexity index is 691. The minimum atomic E-state index is -0.806. The van der Waals surface area contributed by atoms with Crippen molar-refractivity contribution in [3.05, 3.63) is 65.2 Å². The van der Waals surface area contributed by atoms with Crippen molar-refractivity contribution >= 4 is 11.9 Å². The van der Waals surface area contributed by atoms with Crippen molar-refractivity contribution in [2.45, 2.75) is 26.2 Å². The molecule has 0 bridgehead atoms. The third-order valence-electron chi connectivity index (χ3n) is 3.62. The van der Waals surface area contributed by atoms with Gasteiger partial charge < -0.3 is 5.11 Å². The molecule has 2 aromatic carbocycles. The number of rotatable bonds is 4. The first-order valence-corrected chi connectivity index (χ1v) is 7.34. The third kappa shape index (κ3) is 4.10. The van der Waals surface area contributed by atoms with Crippen molar-refractivity contribution in [1.82, 2.24) is 0 Å². The fourth-order valence-corrected chi connectivity index (χ4v) is 2.10. The molecular weight excluding hydrogens is 296 g/mol. The van der Waals surface area contributed by atoms with Crippen LogP contribution in [0, 0.1) is 0 Å². The number of hydrogen-bond donors (Lipinski definition) is 1. The zero-order valence-electron chi connectivity index (χ0n) is 13.0. The molecule has 0 aromatic heterocycles. The number of aromatic hydroxyl groups is 1. The number of benzene rings is 2. The van der Waals surface area contributed by atoms with E-state index >= 15 is 0 Å². The van der Waals surface area contributed by atoms with Crippen LogP contribution in [0.3, 0.4) is 0 Å². The molecule has 0 aliphatic rings. The molecule has 0 saturated carbocycles. The van der Waals surface area contributed by atoms with Gasteiger partial charge in [0, 0.05) is 0 Å². The van der Waals surface area contributed by atoms with Crippen LogP contribution in [0.2, 0.25) is 0 Å². The first kappa shape index (κ1) is 16.5. The summed E-state index contributed by atoms with van der Waals surface area (Å²) < 4.78 is 0. The number of carbonyl (C=O) groups excluding carboxylic acids is 2. The van der Waals surface area contributed by atoms with Gasteiger partial charge >= 0.3 is 11.9 Å². The van der Waals surface area contributed by atoms with E-state index in [9.17, 15) is 14.7 Å². The Morgan fingerprint density at radius 1 is 1.00 bits per heavy atom. The topological polar surface area (TPSA) is 72.8 Å². The van der Waals surface area contributed by atoms with Gasteiger partial charge in [0.05, 0.1) is 11.1 Å². The van der Waals surface area contributed by atoms with Crippen LogP contribution in [0.1, 0.15) is 52.5 Å². The molecule has 0 aliphatic heterocycles. The minimum absolute atomic E-state index is 0.0287. The quantitative estimate of drug-likeness (QED) is 0.686. The fraction of sp³-hybridized carbons (Fsp3) is 0.222. The molecule has 5 heteroatoms. The molecule has 0 aliphatic carbocycles. The van der Waals surface area contributed by atoms with Crippen molar-refractivity contribution in [2.24, 2.45) is 0 Å². The summed E-state index contributed by atoms with van der Waals surface area (Å²) in [5, 5.41) is 9.17. The van der Waals surface area contributed by atoms with Gasteiger partial charge in [-0.05, 0) is 48.2 Å². The van der Waals surface area contributed by atoms with Gasteiger partial charge in [-0.3, -0.25) is 0 Å². The van der Waals surface area contributed by atoms with Gasteiger partial charge in [0.25, 0.3) is 0 Å². The Labute approximate surface area is 134 Å². The molecule has 2 aromatic rings. The molecule has 1 N–H and O–H groups in total. The van der Waals surface area contributed by atoms with Crippen LogP contribution >= 0.6 is 0 Å². The van der Waals surface area contributed by atoms with Crippen LogP contribution in [0.25, 0.3) is 0 Å². The van der Waals surface area contributed by atoms with Crippen LogP contribution in [-0.2, 0) is 9.78 Å². The smallest absolute Gasteiger partial charge is 0.386 e. The van der Waals surface area contributed by atoms with Crippen LogP contribution in [-0.4, -0.2) is 17.0 Å². The van der Waals surface area contributed by atoms with E-state index in [-0.39, 0.29) is 17.2 Å². The van der Waals surface area contributed by atoms with Crippen LogP contribution in [0.4, 0.5) is 0 Å². The van der Waals surface area contributed by atoms with Crippen molar-refractivity contribution < 1.29 is 24.5 Å². The normalized spacial score (nSPS) is 11.6.